The molecule has 0 bridgehead atoms. The maximum absolute atomic E-state index is 13.5. The van der Waals surface area contributed by atoms with Gasteiger partial charge in [-0.2, -0.15) is 5.26 Å². The number of H-pyrrole nitrogens is 1. The van der Waals surface area contributed by atoms with Crippen LogP contribution in [0.15, 0.2) is 85.6 Å². The van der Waals surface area contributed by atoms with Gasteiger partial charge in [0.15, 0.2) is 0 Å². The lowest BCUT2D eigenvalue weighted by atomic mass is 9.96. The molecule has 3 atom stereocenters. The fraction of sp³-hybridized carbons (Fsp3) is 0.314. The zero-order chi connectivity index (χ0) is 30.8. The molecule has 222 valence electrons. The monoisotopic (exact) mass is 577 g/mol. The number of ether oxygens (including phenoxy) is 1. The van der Waals surface area contributed by atoms with Crippen molar-refractivity contribution in [3.63, 3.8) is 0 Å². The minimum absolute atomic E-state index is 0.104. The second kappa shape index (κ2) is 14.8. The Balaban J connectivity index is 1.49. The second-order valence-electron chi connectivity index (χ2n) is 10.9. The molecule has 1 heterocycles. The van der Waals surface area contributed by atoms with Crippen molar-refractivity contribution < 1.29 is 14.3 Å². The third-order valence-corrected chi connectivity index (χ3v) is 7.86. The number of nitrogens with one attached hydrogen (secondary N) is 2. The van der Waals surface area contributed by atoms with Crippen molar-refractivity contribution in [2.45, 2.75) is 52.1 Å². The zero-order valence-electron chi connectivity index (χ0n) is 25.0. The van der Waals surface area contributed by atoms with E-state index in [9.17, 15) is 9.59 Å². The number of benzene rings is 3. The Labute approximate surface area is 253 Å². The van der Waals surface area contributed by atoms with E-state index in [1.54, 1.807) is 29.3 Å². The molecule has 2 amide bonds. The highest BCUT2D eigenvalue weighted by molar-refractivity contribution is 5.86. The summed E-state index contributed by atoms with van der Waals surface area (Å²) in [6, 6.07) is 23.3. The highest BCUT2D eigenvalue weighted by Crippen LogP contribution is 2.22. The van der Waals surface area contributed by atoms with Crippen molar-refractivity contribution >= 4 is 22.8 Å². The average Bonchev–Trinajstić information content (AvgIpc) is 3.50. The van der Waals surface area contributed by atoms with E-state index >= 15 is 0 Å². The number of hydrogen-bond acceptors (Lipinski definition) is 5. The summed E-state index contributed by atoms with van der Waals surface area (Å²) in [6.07, 6.45) is 4.17. The smallest absolute Gasteiger partial charge is 0.410 e. The molecule has 3 aromatic carbocycles. The van der Waals surface area contributed by atoms with E-state index in [0.717, 1.165) is 34.1 Å². The number of rotatable bonds is 13. The fourth-order valence-corrected chi connectivity index (χ4v) is 4.98. The van der Waals surface area contributed by atoms with Gasteiger partial charge in [-0.3, -0.25) is 4.79 Å². The highest BCUT2D eigenvalue weighted by atomic mass is 16.6. The van der Waals surface area contributed by atoms with E-state index < -0.39 is 12.0 Å². The lowest BCUT2D eigenvalue weighted by Crippen LogP contribution is -2.49. The van der Waals surface area contributed by atoms with E-state index in [1.165, 1.54) is 0 Å². The van der Waals surface area contributed by atoms with Gasteiger partial charge in [-0.05, 0) is 46.9 Å². The predicted molar refractivity (Wildman–Crippen MR) is 168 cm³/mol. The van der Waals surface area contributed by atoms with Crippen molar-refractivity contribution in [2.75, 3.05) is 13.2 Å². The van der Waals surface area contributed by atoms with Gasteiger partial charge in [0.05, 0.1) is 17.6 Å². The zero-order valence-corrected chi connectivity index (χ0v) is 25.0. The van der Waals surface area contributed by atoms with Gasteiger partial charge in [0.1, 0.15) is 12.4 Å². The first kappa shape index (κ1) is 31.0. The molecule has 0 aliphatic rings. The Kier molecular flexibility index (Phi) is 10.7. The van der Waals surface area contributed by atoms with Crippen LogP contribution in [0, 0.1) is 17.2 Å². The van der Waals surface area contributed by atoms with Crippen molar-refractivity contribution in [1.29, 1.82) is 5.26 Å². The molecule has 4 aromatic rings. The summed E-state index contributed by atoms with van der Waals surface area (Å²) < 4.78 is 5.47. The van der Waals surface area contributed by atoms with Crippen molar-refractivity contribution in [3.8, 4) is 6.07 Å². The second-order valence-corrected chi connectivity index (χ2v) is 10.9. The molecule has 4 rings (SSSR count). The summed E-state index contributed by atoms with van der Waals surface area (Å²) in [7, 11) is 0. The van der Waals surface area contributed by atoms with E-state index in [1.807, 2.05) is 61.5 Å². The number of imidazole rings is 1. The number of nitriles is 1. The quantitative estimate of drug-likeness (QED) is 0.177. The van der Waals surface area contributed by atoms with Crippen molar-refractivity contribution in [3.05, 3.63) is 114 Å². The van der Waals surface area contributed by atoms with Gasteiger partial charge in [-0.25, -0.2) is 9.78 Å². The first-order valence-electron chi connectivity index (χ1n) is 14.6. The van der Waals surface area contributed by atoms with Gasteiger partial charge in [0.25, 0.3) is 0 Å². The molecule has 0 saturated carbocycles. The van der Waals surface area contributed by atoms with Crippen LogP contribution in [-0.2, 0) is 22.5 Å². The van der Waals surface area contributed by atoms with Crippen LogP contribution in [-0.4, -0.2) is 46.1 Å². The van der Waals surface area contributed by atoms with Gasteiger partial charge in [0.2, 0.25) is 5.91 Å². The summed E-state index contributed by atoms with van der Waals surface area (Å²) in [5, 5.41) is 14.4. The van der Waals surface area contributed by atoms with Gasteiger partial charge in [0, 0.05) is 37.4 Å². The van der Waals surface area contributed by atoms with Crippen LogP contribution < -0.4 is 5.32 Å². The van der Waals surface area contributed by atoms with Crippen LogP contribution >= 0.6 is 0 Å². The van der Waals surface area contributed by atoms with Gasteiger partial charge in [-0.1, -0.05) is 87.5 Å². The summed E-state index contributed by atoms with van der Waals surface area (Å²) in [4.78, 5) is 36.2. The molecule has 0 radical (unpaired) electrons. The molecule has 0 fully saturated rings. The lowest BCUT2D eigenvalue weighted by Gasteiger charge is -2.32. The molecule has 0 saturated heterocycles. The summed E-state index contributed by atoms with van der Waals surface area (Å²) in [5.74, 6) is 0.215. The van der Waals surface area contributed by atoms with Crippen molar-refractivity contribution in [2.24, 2.45) is 5.92 Å². The first-order valence-corrected chi connectivity index (χ1v) is 14.6. The van der Waals surface area contributed by atoms with E-state index in [4.69, 9.17) is 10.00 Å². The molecular formula is C35H39N5O3. The number of hydrogen-bond donors (Lipinski definition) is 2. The van der Waals surface area contributed by atoms with Gasteiger partial charge in [-0.15, -0.1) is 0 Å². The van der Waals surface area contributed by atoms with Crippen LogP contribution in [0.4, 0.5) is 4.79 Å². The molecule has 8 heteroatoms. The number of carbonyl (C=O) groups is 2. The van der Waals surface area contributed by atoms with Gasteiger partial charge < -0.3 is 19.9 Å². The molecule has 1 aromatic heterocycles. The molecule has 1 unspecified atom stereocenters. The van der Waals surface area contributed by atoms with E-state index in [0.29, 0.717) is 30.8 Å². The number of fused-ring (bicyclic) bond motifs is 1. The number of nitrogens with zero attached hydrogens (tertiary/aromatic N) is 3. The first-order chi connectivity index (χ1) is 20.8. The number of aromatic amines is 1. The molecule has 43 heavy (non-hydrogen) atoms. The SMILES string of the molecule is C=CCOC(=O)N(Cc1cccc2ccccc12)C[C@@H](NC(=O)[C@H](C)c1cnc(Cc2ccc(C#N)cc2)[nH]1)C(C)CC. The van der Waals surface area contributed by atoms with Crippen LogP contribution in [0.5, 0.6) is 0 Å². The standard InChI is InChI=1S/C35H39N5O3/c1-5-18-43-35(42)40(22-29-12-9-11-28-10-7-8-13-30(28)29)23-32(24(3)6-2)39-34(41)25(4)31-21-37-33(38-31)19-26-14-16-27(20-36)17-15-26/h5,7-17,21,24-25,32H,1,6,18-19,22-23H2,2-4H3,(H,37,38)(H,39,41)/t24?,25-,32-/m1/s1. The minimum atomic E-state index is -0.479. The summed E-state index contributed by atoms with van der Waals surface area (Å²) in [6.45, 7) is 10.4. The Morgan fingerprint density at radius 3 is 2.58 bits per heavy atom. The maximum Gasteiger partial charge on any atom is 0.410 e. The Hall–Kier alpha value is -4.90. The van der Waals surface area contributed by atoms with Crippen LogP contribution in [0.25, 0.3) is 10.8 Å². The average molecular weight is 578 g/mol. The summed E-state index contributed by atoms with van der Waals surface area (Å²) in [5.41, 5.74) is 3.34. The van der Waals surface area contributed by atoms with Crippen molar-refractivity contribution in [1.82, 2.24) is 20.2 Å². The van der Waals surface area contributed by atoms with Gasteiger partial charge >= 0.3 is 6.09 Å². The predicted octanol–water partition coefficient (Wildman–Crippen LogP) is 6.48. The number of aromatic nitrogens is 2. The molecular weight excluding hydrogens is 538 g/mol. The van der Waals surface area contributed by atoms with Crippen LogP contribution in [0.3, 0.4) is 0 Å². The fourth-order valence-electron chi connectivity index (χ4n) is 4.98. The molecule has 0 spiro atoms. The molecule has 2 N–H and O–H groups in total. The Bertz CT molecular complexity index is 1580. The summed E-state index contributed by atoms with van der Waals surface area (Å²) >= 11 is 0. The normalized spacial score (nSPS) is 13.0. The largest absolute Gasteiger partial charge is 0.445 e. The Morgan fingerprint density at radius 2 is 1.86 bits per heavy atom. The van der Waals surface area contributed by atoms with Crippen LogP contribution in [0.1, 0.15) is 61.3 Å². The van der Waals surface area contributed by atoms with Crippen LogP contribution in [0.2, 0.25) is 0 Å². The highest BCUT2D eigenvalue weighted by Gasteiger charge is 2.28. The third-order valence-electron chi connectivity index (χ3n) is 7.86. The molecule has 0 aliphatic carbocycles. The molecule has 0 aliphatic heterocycles. The lowest BCUT2D eigenvalue weighted by molar-refractivity contribution is -0.123. The third kappa shape index (κ3) is 8.10. The Morgan fingerprint density at radius 1 is 1.12 bits per heavy atom. The van der Waals surface area contributed by atoms with E-state index in [-0.39, 0.29) is 24.5 Å². The number of carbonyl (C=O) groups excluding carboxylic acids is 2. The number of amides is 2. The molecule has 8 nitrogen and oxygen atoms in total. The topological polar surface area (TPSA) is 111 Å². The maximum atomic E-state index is 13.5. The minimum Gasteiger partial charge on any atom is -0.445 e. The van der Waals surface area contributed by atoms with E-state index in [2.05, 4.69) is 41.8 Å².